The summed E-state index contributed by atoms with van der Waals surface area (Å²) in [4.78, 5) is 8.45. The van der Waals surface area contributed by atoms with Crippen molar-refractivity contribution >= 4 is 0 Å². The molecule has 17 heavy (non-hydrogen) atoms. The Kier molecular flexibility index (Phi) is 3.44. The topological polar surface area (TPSA) is 37.8 Å². The van der Waals surface area contributed by atoms with Gasteiger partial charge in [0.15, 0.2) is 0 Å². The minimum absolute atomic E-state index is 0.254. The van der Waals surface area contributed by atoms with Crippen LogP contribution in [-0.4, -0.2) is 17.0 Å². The van der Waals surface area contributed by atoms with Crippen LogP contribution in [0.5, 0.6) is 0 Å². The van der Waals surface area contributed by atoms with Crippen LogP contribution >= 0.6 is 0 Å². The van der Waals surface area contributed by atoms with E-state index in [4.69, 9.17) is 0 Å². The van der Waals surface area contributed by atoms with Gasteiger partial charge in [0.25, 0.3) is 0 Å². The van der Waals surface area contributed by atoms with Crippen LogP contribution in [0.25, 0.3) is 0 Å². The second-order valence-corrected chi connectivity index (χ2v) is 3.86. The molecule has 1 atom stereocenters. The third-order valence-electron chi connectivity index (χ3n) is 2.56. The van der Waals surface area contributed by atoms with Gasteiger partial charge in [-0.25, -0.2) is 14.4 Å². The van der Waals surface area contributed by atoms with Gasteiger partial charge < -0.3 is 5.32 Å². The van der Waals surface area contributed by atoms with Gasteiger partial charge in [-0.15, -0.1) is 0 Å². The maximum Gasteiger partial charge on any atom is 0.149 e. The lowest BCUT2D eigenvalue weighted by molar-refractivity contribution is 0.562. The number of nitrogens with one attached hydrogen (secondary N) is 1. The summed E-state index contributed by atoms with van der Waals surface area (Å²) in [6.07, 6.45) is 3.46. The molecule has 0 bridgehead atoms. The zero-order valence-corrected chi connectivity index (χ0v) is 9.81. The summed E-state index contributed by atoms with van der Waals surface area (Å²) in [7, 11) is 1.76. The standard InChI is InChI=1S/C13H14FN3/c1-9-7-16-13(17-8-9)12(15-2)10-5-3-4-6-11(10)14/h3-8,12,15H,1-2H3. The Bertz CT molecular complexity index is 496. The van der Waals surface area contributed by atoms with Gasteiger partial charge >= 0.3 is 0 Å². The highest BCUT2D eigenvalue weighted by Gasteiger charge is 2.17. The molecule has 3 nitrogen and oxygen atoms in total. The Morgan fingerprint density at radius 3 is 2.41 bits per heavy atom. The molecule has 0 amide bonds. The zero-order valence-electron chi connectivity index (χ0n) is 9.81. The van der Waals surface area contributed by atoms with E-state index in [1.165, 1.54) is 6.07 Å². The fourth-order valence-electron chi connectivity index (χ4n) is 1.68. The van der Waals surface area contributed by atoms with Crippen molar-refractivity contribution in [3.8, 4) is 0 Å². The van der Waals surface area contributed by atoms with Crippen LogP contribution in [0.4, 0.5) is 4.39 Å². The first kappa shape index (κ1) is 11.7. The number of nitrogens with zero attached hydrogens (tertiary/aromatic N) is 2. The van der Waals surface area contributed by atoms with E-state index in [1.54, 1.807) is 37.6 Å². The fraction of sp³-hybridized carbons (Fsp3) is 0.231. The van der Waals surface area contributed by atoms with E-state index in [0.29, 0.717) is 11.4 Å². The molecule has 2 aromatic rings. The highest BCUT2D eigenvalue weighted by Crippen LogP contribution is 2.20. The van der Waals surface area contributed by atoms with Gasteiger partial charge in [-0.05, 0) is 25.6 Å². The first-order valence-corrected chi connectivity index (χ1v) is 5.42. The maximum absolute atomic E-state index is 13.7. The molecule has 88 valence electrons. The largest absolute Gasteiger partial charge is 0.307 e. The summed E-state index contributed by atoms with van der Waals surface area (Å²) < 4.78 is 13.7. The van der Waals surface area contributed by atoms with Crippen LogP contribution in [0.15, 0.2) is 36.7 Å². The average Bonchev–Trinajstić information content (AvgIpc) is 2.35. The van der Waals surface area contributed by atoms with Crippen LogP contribution in [0, 0.1) is 12.7 Å². The highest BCUT2D eigenvalue weighted by molar-refractivity contribution is 5.26. The minimum Gasteiger partial charge on any atom is -0.307 e. The van der Waals surface area contributed by atoms with Crippen molar-refractivity contribution in [2.75, 3.05) is 7.05 Å². The van der Waals surface area contributed by atoms with Crippen LogP contribution in [0.2, 0.25) is 0 Å². The first-order valence-electron chi connectivity index (χ1n) is 5.42. The molecule has 2 rings (SSSR count). The van der Waals surface area contributed by atoms with Gasteiger partial charge in [0.05, 0.1) is 6.04 Å². The molecule has 0 saturated heterocycles. The maximum atomic E-state index is 13.7. The van der Waals surface area contributed by atoms with E-state index >= 15 is 0 Å². The van der Waals surface area contributed by atoms with Gasteiger partial charge in [-0.2, -0.15) is 0 Å². The fourth-order valence-corrected chi connectivity index (χ4v) is 1.68. The summed E-state index contributed by atoms with van der Waals surface area (Å²) in [6.45, 7) is 1.92. The molecule has 1 aromatic carbocycles. The molecule has 0 spiro atoms. The second-order valence-electron chi connectivity index (χ2n) is 3.86. The number of aryl methyl sites for hydroxylation is 1. The van der Waals surface area contributed by atoms with Crippen molar-refractivity contribution in [3.63, 3.8) is 0 Å². The monoisotopic (exact) mass is 231 g/mol. The van der Waals surface area contributed by atoms with Crippen LogP contribution in [0.1, 0.15) is 23.0 Å². The van der Waals surface area contributed by atoms with E-state index in [-0.39, 0.29) is 11.9 Å². The van der Waals surface area contributed by atoms with Gasteiger partial charge in [0.1, 0.15) is 11.6 Å². The van der Waals surface area contributed by atoms with Crippen LogP contribution in [0.3, 0.4) is 0 Å². The summed E-state index contributed by atoms with van der Waals surface area (Å²) >= 11 is 0. The molecule has 0 aliphatic carbocycles. The molecule has 4 heteroatoms. The Morgan fingerprint density at radius 1 is 1.18 bits per heavy atom. The van der Waals surface area contributed by atoms with Crippen molar-refractivity contribution in [3.05, 3.63) is 59.4 Å². The number of hydrogen-bond acceptors (Lipinski definition) is 3. The summed E-state index contributed by atoms with van der Waals surface area (Å²) in [5, 5.41) is 3.03. The first-order chi connectivity index (χ1) is 8.22. The summed E-state index contributed by atoms with van der Waals surface area (Å²) in [6, 6.07) is 6.32. The molecular formula is C13H14FN3. The van der Waals surface area contributed by atoms with Gasteiger partial charge in [0, 0.05) is 18.0 Å². The summed E-state index contributed by atoms with van der Waals surface area (Å²) in [5.74, 6) is 0.319. The van der Waals surface area contributed by atoms with E-state index < -0.39 is 0 Å². The second kappa shape index (κ2) is 5.01. The number of aromatic nitrogens is 2. The van der Waals surface area contributed by atoms with Gasteiger partial charge in [0.2, 0.25) is 0 Å². The normalized spacial score (nSPS) is 12.4. The van der Waals surface area contributed by atoms with E-state index in [2.05, 4.69) is 15.3 Å². The molecule has 0 fully saturated rings. The van der Waals surface area contributed by atoms with Crippen molar-refractivity contribution in [2.24, 2.45) is 0 Å². The van der Waals surface area contributed by atoms with Crippen molar-refractivity contribution in [1.29, 1.82) is 0 Å². The number of benzene rings is 1. The van der Waals surface area contributed by atoms with Crippen molar-refractivity contribution in [2.45, 2.75) is 13.0 Å². The zero-order chi connectivity index (χ0) is 12.3. The van der Waals surface area contributed by atoms with Gasteiger partial charge in [-0.3, -0.25) is 0 Å². The Hall–Kier alpha value is -1.81. The molecule has 0 aliphatic rings. The third-order valence-corrected chi connectivity index (χ3v) is 2.56. The molecule has 1 heterocycles. The van der Waals surface area contributed by atoms with Crippen LogP contribution in [-0.2, 0) is 0 Å². The molecule has 1 N–H and O–H groups in total. The average molecular weight is 231 g/mol. The van der Waals surface area contributed by atoms with E-state index in [9.17, 15) is 4.39 Å². The molecule has 0 saturated carbocycles. The predicted octanol–water partition coefficient (Wildman–Crippen LogP) is 2.23. The minimum atomic E-state index is -0.322. The van der Waals surface area contributed by atoms with E-state index in [0.717, 1.165) is 5.56 Å². The lowest BCUT2D eigenvalue weighted by Crippen LogP contribution is -2.21. The highest BCUT2D eigenvalue weighted by atomic mass is 19.1. The predicted molar refractivity (Wildman–Crippen MR) is 64.1 cm³/mol. The molecule has 1 aromatic heterocycles. The smallest absolute Gasteiger partial charge is 0.149 e. The van der Waals surface area contributed by atoms with Crippen molar-refractivity contribution in [1.82, 2.24) is 15.3 Å². The number of rotatable bonds is 3. The number of hydrogen-bond donors (Lipinski definition) is 1. The lowest BCUT2D eigenvalue weighted by atomic mass is 10.1. The summed E-state index contributed by atoms with van der Waals surface area (Å²) in [5.41, 5.74) is 1.54. The van der Waals surface area contributed by atoms with Crippen molar-refractivity contribution < 1.29 is 4.39 Å². The molecule has 0 radical (unpaired) electrons. The Labute approximate surface area is 99.7 Å². The van der Waals surface area contributed by atoms with E-state index in [1.807, 2.05) is 6.92 Å². The molecule has 0 aliphatic heterocycles. The Balaban J connectivity index is 2.40. The SMILES string of the molecule is CNC(c1ncc(C)cn1)c1ccccc1F. The molecular weight excluding hydrogens is 217 g/mol. The molecule has 1 unspecified atom stereocenters. The quantitative estimate of drug-likeness (QED) is 0.880. The third kappa shape index (κ3) is 2.47. The lowest BCUT2D eigenvalue weighted by Gasteiger charge is -2.15. The van der Waals surface area contributed by atoms with Crippen LogP contribution < -0.4 is 5.32 Å². The Morgan fingerprint density at radius 2 is 1.82 bits per heavy atom. The number of halogens is 1. The van der Waals surface area contributed by atoms with Gasteiger partial charge in [-0.1, -0.05) is 18.2 Å².